The number of methoxy groups -OCH3 is 2. The number of carbonyl (C=O) groups excluding carboxylic acids is 1. The molecule has 1 aliphatic heterocycles. The molecule has 3 rings (SSSR count). The average molecular weight is 383 g/mol. The second kappa shape index (κ2) is 8.35. The average Bonchev–Trinajstić information content (AvgIpc) is 3.02. The van der Waals surface area contributed by atoms with Crippen LogP contribution < -0.4 is 14.2 Å². The van der Waals surface area contributed by atoms with Crippen LogP contribution in [0.2, 0.25) is 0 Å². The number of carbonyl (C=O) groups is 1. The first-order valence-electron chi connectivity index (χ1n) is 9.26. The number of hydrogen-bond donors (Lipinski definition) is 1. The summed E-state index contributed by atoms with van der Waals surface area (Å²) in [5, 5.41) is 10.4. The highest BCUT2D eigenvalue weighted by Crippen LogP contribution is 2.41. The molecular formula is C22H25NO5. The number of ether oxygens (including phenoxy) is 3. The molecule has 0 saturated carbocycles. The van der Waals surface area contributed by atoms with Gasteiger partial charge in [-0.05, 0) is 37.4 Å². The summed E-state index contributed by atoms with van der Waals surface area (Å²) in [7, 11) is 3.11. The van der Waals surface area contributed by atoms with Crippen molar-refractivity contribution in [3.8, 4) is 23.0 Å². The molecule has 2 aromatic rings. The molecule has 0 fully saturated rings. The fourth-order valence-corrected chi connectivity index (χ4v) is 3.29. The standard InChI is InChI=1S/C22H25NO5/c1-5-23(6-2)13-16-17(24)11-10-15-20(25)19(28-22(15)16)12-14-8-7-9-18(26-3)21(14)27-4/h7-12,24H,5-6,13H2,1-4H3/b19-12-. The van der Waals surface area contributed by atoms with Gasteiger partial charge in [-0.25, -0.2) is 0 Å². The van der Waals surface area contributed by atoms with Gasteiger partial charge in [0.2, 0.25) is 5.78 Å². The van der Waals surface area contributed by atoms with E-state index in [0.29, 0.717) is 40.5 Å². The van der Waals surface area contributed by atoms with Crippen molar-refractivity contribution in [2.24, 2.45) is 0 Å². The van der Waals surface area contributed by atoms with Crippen LogP contribution in [0.15, 0.2) is 36.1 Å². The lowest BCUT2D eigenvalue weighted by molar-refractivity contribution is 0.101. The van der Waals surface area contributed by atoms with Crippen LogP contribution in [0, 0.1) is 0 Å². The molecule has 0 bridgehead atoms. The van der Waals surface area contributed by atoms with Gasteiger partial charge in [0, 0.05) is 12.1 Å². The molecule has 6 nitrogen and oxygen atoms in total. The number of ketones is 1. The van der Waals surface area contributed by atoms with Gasteiger partial charge in [0.05, 0.1) is 25.3 Å². The molecule has 6 heteroatoms. The Kier molecular flexibility index (Phi) is 5.90. The summed E-state index contributed by atoms with van der Waals surface area (Å²) in [6.07, 6.45) is 1.64. The van der Waals surface area contributed by atoms with Gasteiger partial charge in [0.1, 0.15) is 11.5 Å². The van der Waals surface area contributed by atoms with Crippen molar-refractivity contribution >= 4 is 11.9 Å². The van der Waals surface area contributed by atoms with Gasteiger partial charge >= 0.3 is 0 Å². The zero-order valence-electron chi connectivity index (χ0n) is 16.6. The lowest BCUT2D eigenvalue weighted by atomic mass is 10.0. The Morgan fingerprint density at radius 3 is 2.50 bits per heavy atom. The highest BCUT2D eigenvalue weighted by Gasteiger charge is 2.31. The molecule has 0 saturated heterocycles. The highest BCUT2D eigenvalue weighted by atomic mass is 16.5. The van der Waals surface area contributed by atoms with Gasteiger partial charge in [-0.1, -0.05) is 26.0 Å². The van der Waals surface area contributed by atoms with Gasteiger partial charge in [0.25, 0.3) is 0 Å². The van der Waals surface area contributed by atoms with Crippen molar-refractivity contribution < 1.29 is 24.1 Å². The number of phenolic OH excluding ortho intramolecular Hbond substituents is 1. The summed E-state index contributed by atoms with van der Waals surface area (Å²) in [5.74, 6) is 1.60. The smallest absolute Gasteiger partial charge is 0.231 e. The fourth-order valence-electron chi connectivity index (χ4n) is 3.29. The molecule has 0 unspecified atom stereocenters. The van der Waals surface area contributed by atoms with Crippen molar-refractivity contribution in [1.82, 2.24) is 4.90 Å². The molecule has 2 aromatic carbocycles. The maximum atomic E-state index is 12.9. The summed E-state index contributed by atoms with van der Waals surface area (Å²) < 4.78 is 16.7. The number of nitrogens with zero attached hydrogens (tertiary/aromatic N) is 1. The summed E-state index contributed by atoms with van der Waals surface area (Å²) in [4.78, 5) is 15.0. The van der Waals surface area contributed by atoms with Crippen molar-refractivity contribution in [1.29, 1.82) is 0 Å². The summed E-state index contributed by atoms with van der Waals surface area (Å²) in [5.41, 5.74) is 1.75. The summed E-state index contributed by atoms with van der Waals surface area (Å²) in [6, 6.07) is 8.57. The number of allylic oxidation sites excluding steroid dienone is 1. The molecule has 1 heterocycles. The normalized spacial score (nSPS) is 14.3. The molecule has 0 radical (unpaired) electrons. The van der Waals surface area contributed by atoms with Crippen molar-refractivity contribution in [2.75, 3.05) is 27.3 Å². The van der Waals surface area contributed by atoms with E-state index in [-0.39, 0.29) is 17.3 Å². The summed E-state index contributed by atoms with van der Waals surface area (Å²) >= 11 is 0. The largest absolute Gasteiger partial charge is 0.507 e. The predicted molar refractivity (Wildman–Crippen MR) is 107 cm³/mol. The Balaban J connectivity index is 2.02. The van der Waals surface area contributed by atoms with E-state index >= 15 is 0 Å². The lowest BCUT2D eigenvalue weighted by Crippen LogP contribution is -2.22. The minimum Gasteiger partial charge on any atom is -0.507 e. The maximum absolute atomic E-state index is 12.9. The molecule has 28 heavy (non-hydrogen) atoms. The third-order valence-corrected chi connectivity index (χ3v) is 4.91. The maximum Gasteiger partial charge on any atom is 0.231 e. The van der Waals surface area contributed by atoms with E-state index < -0.39 is 0 Å². The molecule has 1 aliphatic rings. The SMILES string of the molecule is CCN(CC)Cc1c(O)ccc2c1O/C(=C\c1cccc(OC)c1OC)C2=O. The van der Waals surface area contributed by atoms with Gasteiger partial charge in [-0.2, -0.15) is 0 Å². The molecule has 0 amide bonds. The quantitative estimate of drug-likeness (QED) is 0.732. The predicted octanol–water partition coefficient (Wildman–Crippen LogP) is 3.87. The Morgan fingerprint density at radius 2 is 1.86 bits per heavy atom. The first-order valence-corrected chi connectivity index (χ1v) is 9.26. The minimum atomic E-state index is -0.222. The Morgan fingerprint density at radius 1 is 1.11 bits per heavy atom. The number of rotatable bonds is 7. The lowest BCUT2D eigenvalue weighted by Gasteiger charge is -2.20. The van der Waals surface area contributed by atoms with Crippen LogP contribution in [0.1, 0.15) is 35.3 Å². The number of aromatic hydroxyl groups is 1. The number of hydrogen-bond acceptors (Lipinski definition) is 6. The third-order valence-electron chi connectivity index (χ3n) is 4.91. The molecule has 0 aromatic heterocycles. The zero-order valence-corrected chi connectivity index (χ0v) is 16.6. The molecule has 0 aliphatic carbocycles. The van der Waals surface area contributed by atoms with E-state index in [1.54, 1.807) is 38.5 Å². The Bertz CT molecular complexity index is 915. The summed E-state index contributed by atoms with van der Waals surface area (Å²) in [6.45, 7) is 6.27. The van der Waals surface area contributed by atoms with E-state index in [0.717, 1.165) is 13.1 Å². The van der Waals surface area contributed by atoms with Crippen molar-refractivity contribution in [3.63, 3.8) is 0 Å². The number of fused-ring (bicyclic) bond motifs is 1. The first kappa shape index (κ1) is 19.8. The highest BCUT2D eigenvalue weighted by molar-refractivity contribution is 6.15. The van der Waals surface area contributed by atoms with Crippen LogP contribution in [-0.2, 0) is 6.54 Å². The number of phenols is 1. The van der Waals surface area contributed by atoms with Crippen LogP contribution >= 0.6 is 0 Å². The number of benzene rings is 2. The van der Waals surface area contributed by atoms with Crippen molar-refractivity contribution in [3.05, 3.63) is 52.8 Å². The molecule has 1 N–H and O–H groups in total. The van der Waals surface area contributed by atoms with Gasteiger partial charge < -0.3 is 19.3 Å². The van der Waals surface area contributed by atoms with Crippen LogP contribution in [0.3, 0.4) is 0 Å². The number of Topliss-reactive ketones (excluding diaryl/α,β-unsaturated/α-hetero) is 1. The van der Waals surface area contributed by atoms with E-state index in [2.05, 4.69) is 18.7 Å². The monoisotopic (exact) mass is 383 g/mol. The third kappa shape index (κ3) is 3.55. The van der Waals surface area contributed by atoms with Gasteiger partial charge in [-0.3, -0.25) is 9.69 Å². The van der Waals surface area contributed by atoms with Crippen molar-refractivity contribution in [2.45, 2.75) is 20.4 Å². The Labute approximate surface area is 164 Å². The number of para-hydroxylation sites is 1. The van der Waals surface area contributed by atoms with Crippen LogP contribution in [0.25, 0.3) is 6.08 Å². The van der Waals surface area contributed by atoms with E-state index in [4.69, 9.17) is 14.2 Å². The van der Waals surface area contributed by atoms with Gasteiger partial charge in [-0.15, -0.1) is 0 Å². The molecule has 0 atom stereocenters. The van der Waals surface area contributed by atoms with Crippen LogP contribution in [0.5, 0.6) is 23.0 Å². The van der Waals surface area contributed by atoms with Crippen LogP contribution in [-0.4, -0.2) is 43.1 Å². The molecule has 0 spiro atoms. The van der Waals surface area contributed by atoms with E-state index in [1.165, 1.54) is 0 Å². The topological polar surface area (TPSA) is 68.2 Å². The van der Waals surface area contributed by atoms with Crippen LogP contribution in [0.4, 0.5) is 0 Å². The second-order valence-corrected chi connectivity index (χ2v) is 6.42. The van der Waals surface area contributed by atoms with E-state index in [9.17, 15) is 9.90 Å². The van der Waals surface area contributed by atoms with E-state index in [1.807, 2.05) is 12.1 Å². The molecule has 148 valence electrons. The second-order valence-electron chi connectivity index (χ2n) is 6.42. The minimum absolute atomic E-state index is 0.124. The van der Waals surface area contributed by atoms with Gasteiger partial charge in [0.15, 0.2) is 17.3 Å². The zero-order chi connectivity index (χ0) is 20.3. The Hall–Kier alpha value is -2.99. The molecular weight excluding hydrogens is 358 g/mol. The fraction of sp³-hybridized carbons (Fsp3) is 0.318. The first-order chi connectivity index (χ1) is 13.5.